The Balaban J connectivity index is 3.89. The van der Waals surface area contributed by atoms with Gasteiger partial charge in [-0.15, -0.1) is 0 Å². The predicted octanol–water partition coefficient (Wildman–Crippen LogP) is 1.49. The van der Waals surface area contributed by atoms with Crippen LogP contribution in [0.25, 0.3) is 0 Å². The summed E-state index contributed by atoms with van der Waals surface area (Å²) >= 11 is 0. The van der Waals surface area contributed by atoms with Crippen LogP contribution in [0.4, 0.5) is 0 Å². The second-order valence-electron chi connectivity index (χ2n) is 2.61. The van der Waals surface area contributed by atoms with Gasteiger partial charge in [-0.25, -0.2) is 14.4 Å². The van der Waals surface area contributed by atoms with E-state index in [1.165, 1.54) is 0 Å². The normalized spacial score (nSPS) is 11.1. The molecule has 0 heterocycles. The van der Waals surface area contributed by atoms with Crippen molar-refractivity contribution in [2.75, 3.05) is 26.4 Å². The Morgan fingerprint density at radius 1 is 1.38 bits per heavy atom. The SMILES string of the molecule is C=CC(=O)OCCNP(=O)(OCC)OCC. The Morgan fingerprint density at radius 3 is 2.38 bits per heavy atom. The molecule has 0 rings (SSSR count). The molecule has 0 aromatic rings. The van der Waals surface area contributed by atoms with Crippen LogP contribution in [0.1, 0.15) is 13.8 Å². The van der Waals surface area contributed by atoms with Crippen LogP contribution in [-0.4, -0.2) is 32.3 Å². The van der Waals surface area contributed by atoms with Gasteiger partial charge in [0.05, 0.1) is 13.2 Å². The molecule has 0 aromatic heterocycles. The van der Waals surface area contributed by atoms with E-state index in [2.05, 4.69) is 11.7 Å². The first-order chi connectivity index (χ1) is 7.58. The minimum absolute atomic E-state index is 0.0784. The lowest BCUT2D eigenvalue weighted by Crippen LogP contribution is -2.21. The molecule has 0 unspecified atom stereocenters. The molecule has 0 aromatic carbocycles. The second-order valence-corrected chi connectivity index (χ2v) is 4.44. The van der Waals surface area contributed by atoms with Gasteiger partial charge in [0.1, 0.15) is 6.61 Å². The summed E-state index contributed by atoms with van der Waals surface area (Å²) in [6, 6.07) is 0. The third-order valence-electron chi connectivity index (χ3n) is 1.42. The summed E-state index contributed by atoms with van der Waals surface area (Å²) in [5.41, 5.74) is 0. The zero-order valence-corrected chi connectivity index (χ0v) is 10.5. The summed E-state index contributed by atoms with van der Waals surface area (Å²) in [6.45, 7) is 7.49. The molecule has 94 valence electrons. The number of rotatable bonds is 9. The molecule has 0 atom stereocenters. The van der Waals surface area contributed by atoms with E-state index in [-0.39, 0.29) is 26.4 Å². The highest BCUT2D eigenvalue weighted by molar-refractivity contribution is 7.51. The van der Waals surface area contributed by atoms with Gasteiger partial charge in [0.2, 0.25) is 0 Å². The molecule has 16 heavy (non-hydrogen) atoms. The first-order valence-corrected chi connectivity index (χ1v) is 6.55. The fourth-order valence-corrected chi connectivity index (χ4v) is 2.16. The van der Waals surface area contributed by atoms with Gasteiger partial charge in [-0.05, 0) is 13.8 Å². The quantitative estimate of drug-likeness (QED) is 0.289. The monoisotopic (exact) mass is 251 g/mol. The van der Waals surface area contributed by atoms with E-state index in [1.54, 1.807) is 13.8 Å². The van der Waals surface area contributed by atoms with Crippen molar-refractivity contribution in [1.29, 1.82) is 0 Å². The van der Waals surface area contributed by atoms with Crippen LogP contribution in [0.3, 0.4) is 0 Å². The average molecular weight is 251 g/mol. The van der Waals surface area contributed by atoms with Gasteiger partial charge in [0.25, 0.3) is 0 Å². The average Bonchev–Trinajstić information content (AvgIpc) is 2.25. The summed E-state index contributed by atoms with van der Waals surface area (Å²) in [5, 5.41) is 2.58. The van der Waals surface area contributed by atoms with E-state index in [9.17, 15) is 9.36 Å². The van der Waals surface area contributed by atoms with Crippen LogP contribution in [0.5, 0.6) is 0 Å². The molecule has 0 bridgehead atoms. The number of carbonyl (C=O) groups excluding carboxylic acids is 1. The van der Waals surface area contributed by atoms with E-state index < -0.39 is 13.7 Å². The van der Waals surface area contributed by atoms with E-state index in [1.807, 2.05) is 0 Å². The highest BCUT2D eigenvalue weighted by Gasteiger charge is 2.22. The van der Waals surface area contributed by atoms with Crippen LogP contribution < -0.4 is 5.09 Å². The summed E-state index contributed by atoms with van der Waals surface area (Å²) in [7, 11) is -3.25. The molecule has 7 heteroatoms. The third kappa shape index (κ3) is 6.74. The first-order valence-electron chi connectivity index (χ1n) is 5.01. The number of hydrogen-bond acceptors (Lipinski definition) is 5. The maximum Gasteiger partial charge on any atom is 0.405 e. The lowest BCUT2D eigenvalue weighted by Gasteiger charge is -2.17. The van der Waals surface area contributed by atoms with Crippen molar-refractivity contribution in [3.63, 3.8) is 0 Å². The molecule has 0 aliphatic heterocycles. The maximum atomic E-state index is 11.8. The molecular formula is C9H18NO5P. The molecule has 1 N–H and O–H groups in total. The lowest BCUT2D eigenvalue weighted by molar-refractivity contribution is -0.137. The Bertz CT molecular complexity index is 259. The molecule has 0 amide bonds. The lowest BCUT2D eigenvalue weighted by atomic mass is 10.6. The largest absolute Gasteiger partial charge is 0.461 e. The van der Waals surface area contributed by atoms with Gasteiger partial charge in [-0.2, -0.15) is 0 Å². The van der Waals surface area contributed by atoms with E-state index in [0.29, 0.717) is 0 Å². The van der Waals surface area contributed by atoms with E-state index >= 15 is 0 Å². The smallest absolute Gasteiger partial charge is 0.405 e. The molecule has 6 nitrogen and oxygen atoms in total. The molecule has 0 aliphatic carbocycles. The molecule has 0 saturated heterocycles. The van der Waals surface area contributed by atoms with Crippen molar-refractivity contribution in [3.05, 3.63) is 12.7 Å². The Kier molecular flexibility index (Phi) is 8.11. The molecule has 0 fully saturated rings. The Morgan fingerprint density at radius 2 is 1.94 bits per heavy atom. The second kappa shape index (κ2) is 8.47. The highest BCUT2D eigenvalue weighted by atomic mass is 31.2. The van der Waals surface area contributed by atoms with E-state index in [4.69, 9.17) is 13.8 Å². The Labute approximate surface area is 95.5 Å². The number of carbonyl (C=O) groups is 1. The minimum Gasteiger partial charge on any atom is -0.461 e. The highest BCUT2D eigenvalue weighted by Crippen LogP contribution is 2.42. The fourth-order valence-electron chi connectivity index (χ4n) is 0.862. The zero-order chi connectivity index (χ0) is 12.4. The molecule has 0 radical (unpaired) electrons. The van der Waals surface area contributed by atoms with Crippen LogP contribution in [0.15, 0.2) is 12.7 Å². The third-order valence-corrected chi connectivity index (χ3v) is 3.22. The summed E-state index contributed by atoms with van der Waals surface area (Å²) in [5.74, 6) is -0.524. The fraction of sp³-hybridized carbons (Fsp3) is 0.667. The van der Waals surface area contributed by atoms with Crippen molar-refractivity contribution in [2.24, 2.45) is 0 Å². The maximum absolute atomic E-state index is 11.8. The van der Waals surface area contributed by atoms with Crippen LogP contribution in [0.2, 0.25) is 0 Å². The van der Waals surface area contributed by atoms with Crippen LogP contribution >= 0.6 is 7.75 Å². The zero-order valence-electron chi connectivity index (χ0n) is 9.60. The van der Waals surface area contributed by atoms with Crippen molar-refractivity contribution in [3.8, 4) is 0 Å². The number of esters is 1. The van der Waals surface area contributed by atoms with Gasteiger partial charge in [-0.1, -0.05) is 6.58 Å². The van der Waals surface area contributed by atoms with Gasteiger partial charge < -0.3 is 4.74 Å². The van der Waals surface area contributed by atoms with Crippen molar-refractivity contribution in [1.82, 2.24) is 5.09 Å². The molecular weight excluding hydrogens is 233 g/mol. The summed E-state index contributed by atoms with van der Waals surface area (Å²) in [4.78, 5) is 10.7. The minimum atomic E-state index is -3.25. The van der Waals surface area contributed by atoms with Crippen molar-refractivity contribution in [2.45, 2.75) is 13.8 Å². The number of nitrogens with one attached hydrogen (secondary N) is 1. The summed E-state index contributed by atoms with van der Waals surface area (Å²) in [6.07, 6.45) is 1.06. The summed E-state index contributed by atoms with van der Waals surface area (Å²) < 4.78 is 26.4. The topological polar surface area (TPSA) is 73.9 Å². The molecule has 0 saturated carbocycles. The van der Waals surface area contributed by atoms with Crippen molar-refractivity contribution < 1.29 is 23.1 Å². The van der Waals surface area contributed by atoms with Crippen LogP contribution in [-0.2, 0) is 23.1 Å². The van der Waals surface area contributed by atoms with Crippen LogP contribution in [0, 0.1) is 0 Å². The predicted molar refractivity (Wildman–Crippen MR) is 60.0 cm³/mol. The number of ether oxygens (including phenoxy) is 1. The Hall–Kier alpha value is -0.680. The van der Waals surface area contributed by atoms with Gasteiger partial charge in [0, 0.05) is 12.6 Å². The standard InChI is InChI=1S/C9H18NO5P/c1-4-9(11)13-8-7-10-16(12,14-5-2)15-6-3/h4H,1,5-8H2,2-3H3,(H,10,12). The van der Waals surface area contributed by atoms with Crippen molar-refractivity contribution >= 4 is 13.7 Å². The molecule has 0 aliphatic rings. The van der Waals surface area contributed by atoms with Gasteiger partial charge in [0.15, 0.2) is 0 Å². The molecule has 0 spiro atoms. The van der Waals surface area contributed by atoms with E-state index in [0.717, 1.165) is 6.08 Å². The van der Waals surface area contributed by atoms with Gasteiger partial charge >= 0.3 is 13.7 Å². The first kappa shape index (κ1) is 15.3. The number of hydrogen-bond donors (Lipinski definition) is 1. The van der Waals surface area contributed by atoms with Gasteiger partial charge in [-0.3, -0.25) is 9.05 Å².